The number of nitrogens with two attached hydrogens (primary N) is 1. The molecule has 0 amide bonds. The Hall–Kier alpha value is -2.90. The maximum Gasteiger partial charge on any atom is 0.225 e. The van der Waals surface area contributed by atoms with Crippen molar-refractivity contribution in [3.8, 4) is 17.0 Å². The lowest BCUT2D eigenvalue weighted by atomic mass is 10.1. The van der Waals surface area contributed by atoms with Gasteiger partial charge in [-0.15, -0.1) is 0 Å². The van der Waals surface area contributed by atoms with E-state index in [1.807, 2.05) is 13.8 Å². The predicted octanol–water partition coefficient (Wildman–Crippen LogP) is 2.58. The van der Waals surface area contributed by atoms with Gasteiger partial charge in [-0.25, -0.2) is 9.37 Å². The summed E-state index contributed by atoms with van der Waals surface area (Å²) in [7, 11) is 3.20. The minimum absolute atomic E-state index is 0.122. The zero-order valence-electron chi connectivity index (χ0n) is 14.0. The Balaban J connectivity index is 2.28. The summed E-state index contributed by atoms with van der Waals surface area (Å²) < 4.78 is 21.1. The first-order chi connectivity index (χ1) is 11.4. The molecule has 1 aromatic carbocycles. The van der Waals surface area contributed by atoms with Gasteiger partial charge in [-0.3, -0.25) is 4.68 Å². The van der Waals surface area contributed by atoms with E-state index in [-0.39, 0.29) is 6.04 Å². The number of hydrogen-bond acceptors (Lipinski definition) is 6. The van der Waals surface area contributed by atoms with Crippen molar-refractivity contribution in [1.82, 2.24) is 19.7 Å². The van der Waals surface area contributed by atoms with Crippen LogP contribution in [0.2, 0.25) is 0 Å². The standard InChI is InChI=1S/C16H19FN6O/c1-8(2)19-16-20-13(10-6-5-9(24-4)7-11(10)17)12-14(18)23(3)22-15(12)21-16/h5-8H,18H2,1-4H3,(H,19,21,22). The van der Waals surface area contributed by atoms with Gasteiger partial charge in [0.15, 0.2) is 5.65 Å². The highest BCUT2D eigenvalue weighted by atomic mass is 19.1. The highest BCUT2D eigenvalue weighted by molar-refractivity contribution is 5.99. The van der Waals surface area contributed by atoms with Crippen LogP contribution in [0, 0.1) is 5.82 Å². The number of halogens is 1. The molecule has 3 N–H and O–H groups in total. The Morgan fingerprint density at radius 1 is 1.29 bits per heavy atom. The summed E-state index contributed by atoms with van der Waals surface area (Å²) in [6.07, 6.45) is 0. The third-order valence-electron chi connectivity index (χ3n) is 3.59. The van der Waals surface area contributed by atoms with Crippen molar-refractivity contribution in [3.63, 3.8) is 0 Å². The Labute approximate surface area is 138 Å². The minimum atomic E-state index is -0.451. The van der Waals surface area contributed by atoms with Crippen LogP contribution in [0.4, 0.5) is 16.2 Å². The van der Waals surface area contributed by atoms with Gasteiger partial charge in [-0.05, 0) is 26.0 Å². The quantitative estimate of drug-likeness (QED) is 0.764. The molecule has 0 spiro atoms. The van der Waals surface area contributed by atoms with Crippen LogP contribution in [-0.4, -0.2) is 32.9 Å². The molecular formula is C16H19FN6O. The maximum atomic E-state index is 14.6. The van der Waals surface area contributed by atoms with Gasteiger partial charge < -0.3 is 15.8 Å². The van der Waals surface area contributed by atoms with Crippen LogP contribution in [0.25, 0.3) is 22.3 Å². The molecule has 126 valence electrons. The first-order valence-electron chi connectivity index (χ1n) is 7.51. The van der Waals surface area contributed by atoms with Crippen molar-refractivity contribution in [1.29, 1.82) is 0 Å². The number of nitrogen functional groups attached to an aromatic ring is 1. The number of anilines is 2. The van der Waals surface area contributed by atoms with E-state index in [1.54, 1.807) is 19.2 Å². The van der Waals surface area contributed by atoms with E-state index in [4.69, 9.17) is 10.5 Å². The van der Waals surface area contributed by atoms with E-state index < -0.39 is 5.82 Å². The third kappa shape index (κ3) is 2.70. The monoisotopic (exact) mass is 330 g/mol. The minimum Gasteiger partial charge on any atom is -0.497 e. The Kier molecular flexibility index (Phi) is 3.96. The first kappa shape index (κ1) is 16.0. The van der Waals surface area contributed by atoms with Crippen molar-refractivity contribution in [2.45, 2.75) is 19.9 Å². The molecule has 7 nitrogen and oxygen atoms in total. The van der Waals surface area contributed by atoms with E-state index in [0.29, 0.717) is 39.8 Å². The molecule has 8 heteroatoms. The van der Waals surface area contributed by atoms with Crippen molar-refractivity contribution >= 4 is 22.8 Å². The third-order valence-corrected chi connectivity index (χ3v) is 3.59. The summed E-state index contributed by atoms with van der Waals surface area (Å²) in [5.41, 5.74) is 7.21. The van der Waals surface area contributed by atoms with Crippen LogP contribution >= 0.6 is 0 Å². The molecular weight excluding hydrogens is 311 g/mol. The summed E-state index contributed by atoms with van der Waals surface area (Å²) >= 11 is 0. The Bertz CT molecular complexity index is 905. The lowest BCUT2D eigenvalue weighted by molar-refractivity contribution is 0.411. The normalized spacial score (nSPS) is 11.2. The summed E-state index contributed by atoms with van der Waals surface area (Å²) in [5, 5.41) is 7.93. The second kappa shape index (κ2) is 5.95. The zero-order chi connectivity index (χ0) is 17.4. The van der Waals surface area contributed by atoms with Crippen molar-refractivity contribution in [2.75, 3.05) is 18.2 Å². The van der Waals surface area contributed by atoms with E-state index in [0.717, 1.165) is 0 Å². The molecule has 0 bridgehead atoms. The lowest BCUT2D eigenvalue weighted by Crippen LogP contribution is -2.13. The summed E-state index contributed by atoms with van der Waals surface area (Å²) in [4.78, 5) is 8.83. The number of hydrogen-bond donors (Lipinski definition) is 2. The molecule has 3 rings (SSSR count). The topological polar surface area (TPSA) is 90.9 Å². The second-order valence-electron chi connectivity index (χ2n) is 5.75. The second-order valence-corrected chi connectivity index (χ2v) is 5.75. The van der Waals surface area contributed by atoms with Crippen molar-refractivity contribution in [3.05, 3.63) is 24.0 Å². The van der Waals surface area contributed by atoms with Gasteiger partial charge in [-0.1, -0.05) is 0 Å². The molecule has 2 aromatic heterocycles. The van der Waals surface area contributed by atoms with Crippen LogP contribution in [0.3, 0.4) is 0 Å². The molecule has 0 saturated carbocycles. The number of aryl methyl sites for hydroxylation is 1. The molecule has 0 aliphatic carbocycles. The van der Waals surface area contributed by atoms with E-state index in [1.165, 1.54) is 17.9 Å². The summed E-state index contributed by atoms with van der Waals surface area (Å²) in [6.45, 7) is 3.93. The van der Waals surface area contributed by atoms with Crippen LogP contribution < -0.4 is 15.8 Å². The molecule has 0 aliphatic rings. The number of benzene rings is 1. The van der Waals surface area contributed by atoms with Crippen LogP contribution in [0.15, 0.2) is 18.2 Å². The van der Waals surface area contributed by atoms with Gasteiger partial charge in [-0.2, -0.15) is 10.1 Å². The number of aromatic nitrogens is 4. The average molecular weight is 330 g/mol. The van der Waals surface area contributed by atoms with Crippen molar-refractivity contribution in [2.24, 2.45) is 7.05 Å². The fourth-order valence-corrected chi connectivity index (χ4v) is 2.45. The van der Waals surface area contributed by atoms with E-state index >= 15 is 0 Å². The van der Waals surface area contributed by atoms with Gasteiger partial charge in [0.1, 0.15) is 17.4 Å². The van der Waals surface area contributed by atoms with Gasteiger partial charge in [0.05, 0.1) is 18.2 Å². The highest BCUT2D eigenvalue weighted by Crippen LogP contribution is 2.33. The van der Waals surface area contributed by atoms with E-state index in [9.17, 15) is 4.39 Å². The predicted molar refractivity (Wildman–Crippen MR) is 91.4 cm³/mol. The van der Waals surface area contributed by atoms with Crippen LogP contribution in [0.1, 0.15) is 13.8 Å². The molecule has 2 heterocycles. The number of nitrogens with zero attached hydrogens (tertiary/aromatic N) is 4. The zero-order valence-corrected chi connectivity index (χ0v) is 14.0. The fourth-order valence-electron chi connectivity index (χ4n) is 2.45. The maximum absolute atomic E-state index is 14.6. The SMILES string of the molecule is COc1ccc(-c2nc(NC(C)C)nc3nn(C)c(N)c23)c(F)c1. The average Bonchev–Trinajstić information content (AvgIpc) is 2.80. The number of fused-ring (bicyclic) bond motifs is 1. The summed E-state index contributed by atoms with van der Waals surface area (Å²) in [5.74, 6) is 0.737. The molecule has 3 aromatic rings. The number of nitrogens with one attached hydrogen (secondary N) is 1. The van der Waals surface area contributed by atoms with Crippen molar-refractivity contribution < 1.29 is 9.13 Å². The van der Waals surface area contributed by atoms with Crippen LogP contribution in [-0.2, 0) is 7.05 Å². The molecule has 0 saturated heterocycles. The number of rotatable bonds is 4. The molecule has 0 unspecified atom stereocenters. The number of methoxy groups -OCH3 is 1. The molecule has 0 atom stereocenters. The van der Waals surface area contributed by atoms with Gasteiger partial charge >= 0.3 is 0 Å². The van der Waals surface area contributed by atoms with Crippen LogP contribution in [0.5, 0.6) is 5.75 Å². The Morgan fingerprint density at radius 3 is 2.67 bits per heavy atom. The lowest BCUT2D eigenvalue weighted by Gasteiger charge is -2.11. The number of ether oxygens (including phenoxy) is 1. The molecule has 24 heavy (non-hydrogen) atoms. The van der Waals surface area contributed by atoms with Gasteiger partial charge in [0, 0.05) is 24.7 Å². The first-order valence-corrected chi connectivity index (χ1v) is 7.51. The highest BCUT2D eigenvalue weighted by Gasteiger charge is 2.20. The Morgan fingerprint density at radius 2 is 2.04 bits per heavy atom. The fraction of sp³-hybridized carbons (Fsp3) is 0.312. The summed E-state index contributed by atoms with van der Waals surface area (Å²) in [6, 6.07) is 4.72. The van der Waals surface area contributed by atoms with Gasteiger partial charge in [0.25, 0.3) is 0 Å². The van der Waals surface area contributed by atoms with E-state index in [2.05, 4.69) is 20.4 Å². The smallest absolute Gasteiger partial charge is 0.225 e. The molecule has 0 radical (unpaired) electrons. The van der Waals surface area contributed by atoms with Gasteiger partial charge in [0.2, 0.25) is 5.95 Å². The largest absolute Gasteiger partial charge is 0.497 e. The molecule has 0 fully saturated rings. The molecule has 0 aliphatic heterocycles.